The predicted octanol–water partition coefficient (Wildman–Crippen LogP) is -2.10. The second kappa shape index (κ2) is 12.8. The molecule has 0 spiro atoms. The van der Waals surface area contributed by atoms with Crippen LogP contribution in [-0.2, 0) is 50.9 Å². The van der Waals surface area contributed by atoms with Gasteiger partial charge in [0.25, 0.3) is 0 Å². The quantitative estimate of drug-likeness (QED) is 0.193. The second-order valence-electron chi connectivity index (χ2n) is 9.21. The Morgan fingerprint density at radius 3 is 1.49 bits per heavy atom. The maximum Gasteiger partial charge on any atom is 0.472 e. The van der Waals surface area contributed by atoms with Crippen molar-refractivity contribution in [2.24, 2.45) is 0 Å². The van der Waals surface area contributed by atoms with Crippen molar-refractivity contribution in [3.05, 3.63) is 0 Å². The first-order valence-electron chi connectivity index (χ1n) is 11.7. The maximum atomic E-state index is 12.6. The summed E-state index contributed by atoms with van der Waals surface area (Å²) in [5.41, 5.74) is 0. The molecule has 2 N–H and O–H groups in total. The summed E-state index contributed by atoms with van der Waals surface area (Å²) in [5, 5.41) is 0. The zero-order valence-corrected chi connectivity index (χ0v) is 22.5. The number of hydrogen-bond donors (Lipinski definition) is 2. The van der Waals surface area contributed by atoms with Gasteiger partial charge < -0.3 is 33.5 Å². The zero-order valence-electron chi connectivity index (χ0n) is 20.7. The van der Waals surface area contributed by atoms with Crippen LogP contribution in [0.25, 0.3) is 0 Å². The molecule has 3 heterocycles. The highest BCUT2D eigenvalue weighted by Crippen LogP contribution is 2.50. The molecule has 11 atom stereocenters. The second-order valence-corrected chi connectivity index (χ2v) is 12.0. The van der Waals surface area contributed by atoms with Gasteiger partial charge in [0.05, 0.1) is 38.1 Å². The van der Waals surface area contributed by atoms with E-state index in [0.717, 1.165) is 0 Å². The van der Waals surface area contributed by atoms with Gasteiger partial charge in [0, 0.05) is 32.2 Å². The van der Waals surface area contributed by atoms with Crippen LogP contribution in [0.15, 0.2) is 0 Å². The van der Waals surface area contributed by atoms with Gasteiger partial charge in [0.2, 0.25) is 0 Å². The first-order valence-corrected chi connectivity index (χ1v) is 14.7. The SMILES string of the molecule is BC1CC(OC)C(COP(=O)(O)OC2CC(B)OC2COP(=O)(O)OC2CC(B)OC2COC)O1. The molecule has 3 rings (SSSR count). The lowest BCUT2D eigenvalue weighted by Gasteiger charge is -2.25. The molecule has 0 amide bonds. The van der Waals surface area contributed by atoms with Gasteiger partial charge in [-0.3, -0.25) is 18.1 Å². The molecule has 35 heavy (non-hydrogen) atoms. The summed E-state index contributed by atoms with van der Waals surface area (Å²) in [6.45, 7) is -0.378. The number of phosphoric acid groups is 2. The van der Waals surface area contributed by atoms with Gasteiger partial charge in [0.1, 0.15) is 41.9 Å². The van der Waals surface area contributed by atoms with Crippen molar-refractivity contribution >= 4 is 39.2 Å². The molecule has 0 radical (unpaired) electrons. The molecule has 13 nitrogen and oxygen atoms in total. The Labute approximate surface area is 208 Å². The average Bonchev–Trinajstić information content (AvgIpc) is 3.41. The lowest BCUT2D eigenvalue weighted by molar-refractivity contribution is -0.0383. The molecular weight excluding hydrogens is 507 g/mol. The minimum absolute atomic E-state index is 0.0571. The monoisotopic (exact) mass is 542 g/mol. The Bertz CT molecular complexity index is 781. The molecule has 3 aliphatic rings. The number of ether oxygens (including phenoxy) is 5. The number of phosphoric ester groups is 2. The third kappa shape index (κ3) is 8.89. The van der Waals surface area contributed by atoms with E-state index in [-0.39, 0.29) is 43.7 Å². The van der Waals surface area contributed by atoms with E-state index >= 15 is 0 Å². The van der Waals surface area contributed by atoms with E-state index in [2.05, 4.69) is 0 Å². The van der Waals surface area contributed by atoms with Crippen LogP contribution in [0.3, 0.4) is 0 Å². The van der Waals surface area contributed by atoms with Crippen molar-refractivity contribution in [2.75, 3.05) is 34.0 Å². The van der Waals surface area contributed by atoms with Crippen LogP contribution in [0.4, 0.5) is 0 Å². The van der Waals surface area contributed by atoms with Crippen molar-refractivity contribution < 1.29 is 60.7 Å². The molecule has 0 aromatic carbocycles. The van der Waals surface area contributed by atoms with Crippen LogP contribution in [0.5, 0.6) is 0 Å². The fourth-order valence-electron chi connectivity index (χ4n) is 4.57. The fraction of sp³-hybridized carbons (Fsp3) is 1.00. The van der Waals surface area contributed by atoms with Crippen molar-refractivity contribution in [3.8, 4) is 0 Å². The van der Waals surface area contributed by atoms with E-state index in [1.54, 1.807) is 7.85 Å². The average molecular weight is 542 g/mol. The predicted molar refractivity (Wildman–Crippen MR) is 129 cm³/mol. The molecule has 200 valence electrons. The Balaban J connectivity index is 1.51. The van der Waals surface area contributed by atoms with Crippen LogP contribution < -0.4 is 0 Å². The molecule has 3 aliphatic heterocycles. The van der Waals surface area contributed by atoms with Crippen LogP contribution in [0.1, 0.15) is 19.3 Å². The number of rotatable bonds is 13. The molecule has 0 aromatic rings. The number of methoxy groups -OCH3 is 2. The third-order valence-corrected chi connectivity index (χ3v) is 8.16. The molecule has 0 saturated carbocycles. The van der Waals surface area contributed by atoms with Crippen molar-refractivity contribution in [1.29, 1.82) is 0 Å². The summed E-state index contributed by atoms with van der Waals surface area (Å²) < 4.78 is 73.5. The largest absolute Gasteiger partial charge is 0.472 e. The summed E-state index contributed by atoms with van der Waals surface area (Å²) in [4.78, 5) is 20.5. The summed E-state index contributed by atoms with van der Waals surface area (Å²) >= 11 is 0. The van der Waals surface area contributed by atoms with Gasteiger partial charge in [-0.2, -0.15) is 0 Å². The molecule has 0 aliphatic carbocycles. The summed E-state index contributed by atoms with van der Waals surface area (Å²) in [6, 6.07) is -0.550. The Kier molecular flexibility index (Phi) is 10.9. The lowest BCUT2D eigenvalue weighted by atomic mass is 9.96. The zero-order chi connectivity index (χ0) is 25.8. The highest BCUT2D eigenvalue weighted by molar-refractivity contribution is 7.47. The first kappa shape index (κ1) is 29.8. The molecule has 0 aromatic heterocycles. The molecule has 3 fully saturated rings. The Morgan fingerprint density at radius 2 is 1.09 bits per heavy atom. The first-order chi connectivity index (χ1) is 16.4. The third-order valence-electron chi connectivity index (χ3n) is 6.13. The van der Waals surface area contributed by atoms with Crippen LogP contribution in [-0.4, -0.2) is 122 Å². The molecule has 18 heteroatoms. The van der Waals surface area contributed by atoms with Crippen molar-refractivity contribution in [1.82, 2.24) is 0 Å². The Morgan fingerprint density at radius 1 is 0.714 bits per heavy atom. The smallest absolute Gasteiger partial charge is 0.382 e. The molecule has 0 bridgehead atoms. The van der Waals surface area contributed by atoms with E-state index in [0.29, 0.717) is 12.8 Å². The summed E-state index contributed by atoms with van der Waals surface area (Å²) in [5.74, 6) is 0. The van der Waals surface area contributed by atoms with E-state index in [9.17, 15) is 18.9 Å². The van der Waals surface area contributed by atoms with Crippen molar-refractivity contribution in [2.45, 2.75) is 73.9 Å². The van der Waals surface area contributed by atoms with Crippen LogP contribution >= 0.6 is 15.6 Å². The minimum atomic E-state index is -4.49. The van der Waals surface area contributed by atoms with Crippen LogP contribution in [0, 0.1) is 0 Å². The van der Waals surface area contributed by atoms with Gasteiger partial charge in [-0.1, -0.05) is 0 Å². The highest BCUT2D eigenvalue weighted by atomic mass is 31.2. The van der Waals surface area contributed by atoms with Crippen molar-refractivity contribution in [3.63, 3.8) is 0 Å². The van der Waals surface area contributed by atoms with E-state index in [1.807, 2.05) is 15.7 Å². The van der Waals surface area contributed by atoms with E-state index in [1.165, 1.54) is 14.2 Å². The lowest BCUT2D eigenvalue weighted by Crippen LogP contribution is -2.31. The van der Waals surface area contributed by atoms with E-state index < -0.39 is 52.8 Å². The molecular formula is C17H35B3O13P2. The summed E-state index contributed by atoms with van der Waals surface area (Å²) in [7, 11) is -0.484. The van der Waals surface area contributed by atoms with Gasteiger partial charge >= 0.3 is 15.6 Å². The fourth-order valence-corrected chi connectivity index (χ4v) is 6.49. The maximum absolute atomic E-state index is 12.6. The topological polar surface area (TPSA) is 158 Å². The normalized spacial score (nSPS) is 41.1. The van der Waals surface area contributed by atoms with Gasteiger partial charge in [-0.25, -0.2) is 9.13 Å². The highest BCUT2D eigenvalue weighted by Gasteiger charge is 2.43. The standard InChI is InChI=1S/C17H35B3O13P2/c1-25-6-12-10(4-16(19)29-12)32-35(23,24)28-8-14-11(5-17(20)31-14)33-34(21,22)27-7-13-9(26-2)3-15(18)30-13/h9-17H,3-8,18-20H2,1-2H3,(H,21,22)(H,23,24). The minimum Gasteiger partial charge on any atom is -0.382 e. The molecule has 11 unspecified atom stereocenters. The van der Waals surface area contributed by atoms with Gasteiger partial charge in [-0.15, -0.1) is 0 Å². The summed E-state index contributed by atoms with van der Waals surface area (Å²) in [6.07, 6.45) is -2.41. The van der Waals surface area contributed by atoms with Gasteiger partial charge in [0.15, 0.2) is 0 Å². The Hall–Kier alpha value is 0.215. The van der Waals surface area contributed by atoms with Gasteiger partial charge in [-0.05, 0) is 19.3 Å². The number of hydrogen-bond acceptors (Lipinski definition) is 11. The van der Waals surface area contributed by atoms with E-state index in [4.69, 9.17) is 41.8 Å². The van der Waals surface area contributed by atoms with Crippen LogP contribution in [0.2, 0.25) is 0 Å². The molecule has 3 saturated heterocycles.